The third-order valence-electron chi connectivity index (χ3n) is 11.7. The standard InChI is InChI=1S/C46H58N5O22P3S2/c47-43-28(24-51(45(60)50-43)41-23-38(54)39(71-41)26-70-75(65,66)73-76(67,68)72-74(62,63)64)11-5-6-12-29(52)21-22-77-78-27-36(37(53)17-3-1-2-4-18-40(55)48-35(44(58)59)19-20-42(56)57)49-46(61)69-25-34-32-15-9-7-13-30(32)31-14-8-10-16-33(31)34/h7-10,13-16,24,34-36,38-39,41,54H,1-4,6,12,17-23,25-27H2,(H,48,55)(H,49,61)(H,56,57)(H,58,59)(H,65,66)(H,67,68)(H2,47,50,60)(H2,62,63,64)/t35?,36?,38?,39-,41-/m1/s1. The Balaban J connectivity index is 1.08. The van der Waals surface area contributed by atoms with Crippen LogP contribution in [0.15, 0.2) is 59.5 Å². The lowest BCUT2D eigenvalue weighted by molar-refractivity contribution is -0.143. The van der Waals surface area contributed by atoms with E-state index in [9.17, 15) is 67.3 Å². The number of carbonyl (C=O) groups is 6. The molecule has 2 heterocycles. The SMILES string of the molecule is Nc1nc(=O)n([C@H]2CC(O)[C@@H](COP(=O)(O)OP(=O)(O)OP(=O)(O)O)O2)cc1C#CCCC(=O)CCSSCC(NC(=O)OCC1c2ccccc2-c2ccccc21)C(=O)CCCCCCC(=O)NC(CCC(=O)O)C(=O)O. The predicted molar refractivity (Wildman–Crippen MR) is 279 cm³/mol. The van der Waals surface area contributed by atoms with Gasteiger partial charge in [-0.3, -0.25) is 28.3 Å². The van der Waals surface area contributed by atoms with Gasteiger partial charge in [0.1, 0.15) is 42.6 Å². The van der Waals surface area contributed by atoms with Crippen LogP contribution in [-0.2, 0) is 60.3 Å². The molecule has 1 aliphatic carbocycles. The van der Waals surface area contributed by atoms with Gasteiger partial charge in [0.25, 0.3) is 0 Å². The van der Waals surface area contributed by atoms with Crippen molar-refractivity contribution in [2.24, 2.45) is 0 Å². The fourth-order valence-electron chi connectivity index (χ4n) is 8.01. The smallest absolute Gasteiger partial charge is 0.481 e. The number of aliphatic hydroxyl groups excluding tert-OH is 1. The first-order valence-electron chi connectivity index (χ1n) is 23.9. The average Bonchev–Trinajstić information content (AvgIpc) is 3.91. The summed E-state index contributed by atoms with van der Waals surface area (Å²) in [5.74, 6) is 2.06. The number of aliphatic hydroxyl groups is 1. The summed E-state index contributed by atoms with van der Waals surface area (Å²) in [6.07, 6.45) is -2.48. The van der Waals surface area contributed by atoms with Gasteiger partial charge < -0.3 is 60.7 Å². The molecule has 2 amide bonds. The van der Waals surface area contributed by atoms with Crippen molar-refractivity contribution < 1.29 is 100.0 Å². The molecule has 7 atom stereocenters. The molecule has 5 unspecified atom stereocenters. The monoisotopic (exact) mass is 1190 g/mol. The van der Waals surface area contributed by atoms with E-state index >= 15 is 0 Å². The highest BCUT2D eigenvalue weighted by molar-refractivity contribution is 8.76. The van der Waals surface area contributed by atoms with Gasteiger partial charge in [0, 0.05) is 68.6 Å². The Morgan fingerprint density at radius 2 is 1.47 bits per heavy atom. The number of anilines is 1. The molecule has 11 N–H and O–H groups in total. The Kier molecular flexibility index (Phi) is 24.3. The number of hydrogen-bond acceptors (Lipinski definition) is 20. The highest BCUT2D eigenvalue weighted by Gasteiger charge is 2.43. The average molecular weight is 1190 g/mol. The molecule has 5 rings (SSSR count). The van der Waals surface area contributed by atoms with Gasteiger partial charge in [-0.2, -0.15) is 13.6 Å². The minimum absolute atomic E-state index is 0.00747. The number of benzene rings is 2. The number of fused-ring (bicyclic) bond motifs is 3. The van der Waals surface area contributed by atoms with Gasteiger partial charge in [-0.1, -0.05) is 94.8 Å². The summed E-state index contributed by atoms with van der Waals surface area (Å²) in [5, 5.41) is 33.7. The number of ether oxygens (including phenoxy) is 2. The van der Waals surface area contributed by atoms with Gasteiger partial charge >= 0.3 is 47.2 Å². The molecule has 0 bridgehead atoms. The fourth-order valence-corrected chi connectivity index (χ4v) is 13.3. The molecule has 1 saturated heterocycles. The maximum atomic E-state index is 13.6. The Labute approximate surface area is 453 Å². The first-order valence-corrected chi connectivity index (χ1v) is 31.0. The first kappa shape index (κ1) is 63.6. The van der Waals surface area contributed by atoms with Gasteiger partial charge in [-0.15, -0.1) is 0 Å². The highest BCUT2D eigenvalue weighted by Crippen LogP contribution is 2.66. The summed E-state index contributed by atoms with van der Waals surface area (Å²) in [6.45, 7) is -0.954. The summed E-state index contributed by atoms with van der Waals surface area (Å²) in [6, 6.07) is 13.4. The van der Waals surface area contributed by atoms with E-state index in [1.165, 1.54) is 27.8 Å². The summed E-state index contributed by atoms with van der Waals surface area (Å²) in [7, 11) is -14.4. The lowest BCUT2D eigenvalue weighted by Crippen LogP contribution is -2.43. The fraction of sp³-hybridized carbons (Fsp3) is 0.478. The summed E-state index contributed by atoms with van der Waals surface area (Å²) in [4.78, 5) is 127. The van der Waals surface area contributed by atoms with Crippen LogP contribution in [0.1, 0.15) is 106 Å². The number of aromatic nitrogens is 2. The number of ketones is 2. The van der Waals surface area contributed by atoms with Crippen molar-refractivity contribution in [1.29, 1.82) is 0 Å². The van der Waals surface area contributed by atoms with Gasteiger partial charge in [0.15, 0.2) is 5.78 Å². The number of phosphoric ester groups is 1. The minimum Gasteiger partial charge on any atom is -0.481 e. The van der Waals surface area contributed by atoms with E-state index in [0.717, 1.165) is 26.8 Å². The lowest BCUT2D eigenvalue weighted by atomic mass is 9.98. The summed E-state index contributed by atoms with van der Waals surface area (Å²) in [5.41, 5.74) is 9.13. The van der Waals surface area contributed by atoms with Crippen LogP contribution in [0.3, 0.4) is 0 Å². The van der Waals surface area contributed by atoms with Gasteiger partial charge in [0.05, 0.1) is 18.3 Å². The third-order valence-corrected chi connectivity index (χ3v) is 17.9. The number of nitrogens with zero attached hydrogens (tertiary/aromatic N) is 2. The van der Waals surface area contributed by atoms with Crippen LogP contribution in [0.25, 0.3) is 11.1 Å². The van der Waals surface area contributed by atoms with E-state index in [-0.39, 0.29) is 86.2 Å². The maximum absolute atomic E-state index is 13.6. The maximum Gasteiger partial charge on any atom is 0.490 e. The number of nitrogen functional groups attached to an aromatic ring is 1. The second kappa shape index (κ2) is 29.8. The summed E-state index contributed by atoms with van der Waals surface area (Å²) < 4.78 is 58.6. The number of carboxylic acid groups (broad SMARTS) is 2. The Bertz CT molecular complexity index is 2890. The Morgan fingerprint density at radius 1 is 0.821 bits per heavy atom. The van der Waals surface area contributed by atoms with Gasteiger partial charge in [0.2, 0.25) is 5.91 Å². The number of aliphatic carboxylic acids is 2. The predicted octanol–water partition coefficient (Wildman–Crippen LogP) is 4.54. The number of nitrogens with one attached hydrogen (secondary N) is 2. The molecule has 3 aromatic rings. The largest absolute Gasteiger partial charge is 0.490 e. The molecule has 426 valence electrons. The van der Waals surface area contributed by atoms with Gasteiger partial charge in [-0.25, -0.2) is 28.1 Å². The highest BCUT2D eigenvalue weighted by atomic mass is 33.1. The number of carboxylic acids is 2. The Hall–Kier alpha value is -5.27. The molecule has 0 spiro atoms. The van der Waals surface area contributed by atoms with Crippen LogP contribution in [0.2, 0.25) is 0 Å². The molecule has 0 radical (unpaired) electrons. The van der Waals surface area contributed by atoms with Crippen LogP contribution in [0, 0.1) is 11.8 Å². The summed E-state index contributed by atoms with van der Waals surface area (Å²) >= 11 is 0. The normalized spacial score (nSPS) is 18.2. The topological polar surface area (TPSA) is 426 Å². The van der Waals surface area contributed by atoms with Crippen LogP contribution < -0.4 is 22.1 Å². The van der Waals surface area contributed by atoms with Crippen molar-refractivity contribution in [1.82, 2.24) is 20.2 Å². The number of phosphoric acid groups is 3. The second-order valence-electron chi connectivity index (χ2n) is 17.5. The molecule has 78 heavy (non-hydrogen) atoms. The zero-order chi connectivity index (χ0) is 57.2. The van der Waals surface area contributed by atoms with E-state index in [1.807, 2.05) is 48.5 Å². The lowest BCUT2D eigenvalue weighted by Gasteiger charge is -2.19. The van der Waals surface area contributed by atoms with E-state index in [1.54, 1.807) is 0 Å². The molecule has 32 heteroatoms. The number of Topliss-reactive ketones (excluding diaryl/α,β-unsaturated/α-hetero) is 2. The number of carbonyl (C=O) groups excluding carboxylic acids is 4. The van der Waals surface area contributed by atoms with E-state index in [4.69, 9.17) is 30.1 Å². The quantitative estimate of drug-likeness (QED) is 0.0177. The van der Waals surface area contributed by atoms with Crippen LogP contribution >= 0.6 is 45.1 Å². The number of hydrogen-bond donors (Lipinski definition) is 10. The molecule has 0 saturated carbocycles. The van der Waals surface area contributed by atoms with Crippen molar-refractivity contribution in [2.45, 2.75) is 113 Å². The van der Waals surface area contributed by atoms with Gasteiger partial charge in [-0.05, 0) is 41.5 Å². The zero-order valence-electron chi connectivity index (χ0n) is 41.4. The number of amides is 2. The van der Waals surface area contributed by atoms with Crippen LogP contribution in [0.5, 0.6) is 0 Å². The van der Waals surface area contributed by atoms with Crippen molar-refractivity contribution in [3.8, 4) is 23.0 Å². The van der Waals surface area contributed by atoms with Crippen LogP contribution in [-0.4, -0.2) is 129 Å². The number of rotatable bonds is 32. The molecular formula is C46H58N5O22P3S2. The minimum atomic E-state index is -5.80. The second-order valence-corrected chi connectivity index (χ2v) is 24.6. The molecule has 27 nitrogen and oxygen atoms in total. The molecule has 2 aliphatic rings. The van der Waals surface area contributed by atoms with Crippen LogP contribution in [0.4, 0.5) is 10.6 Å². The molecule has 1 aliphatic heterocycles. The van der Waals surface area contributed by atoms with Crippen molar-refractivity contribution in [2.75, 3.05) is 30.5 Å². The third kappa shape index (κ3) is 20.8. The number of nitrogens with two attached hydrogens (primary N) is 1. The van der Waals surface area contributed by atoms with E-state index < -0.39 is 96.6 Å². The van der Waals surface area contributed by atoms with Crippen molar-refractivity contribution in [3.05, 3.63) is 81.9 Å². The Morgan fingerprint density at radius 3 is 2.12 bits per heavy atom. The molecule has 1 fully saturated rings. The van der Waals surface area contributed by atoms with Crippen molar-refractivity contribution >= 4 is 86.4 Å². The molecule has 2 aromatic carbocycles. The van der Waals surface area contributed by atoms with E-state index in [2.05, 4.69) is 40.6 Å². The first-order chi connectivity index (χ1) is 36.8. The molecular weight excluding hydrogens is 1130 g/mol. The number of alkyl carbamates (subject to hydrolysis) is 1. The van der Waals surface area contributed by atoms with E-state index in [0.29, 0.717) is 31.4 Å². The molecule has 1 aromatic heterocycles. The zero-order valence-corrected chi connectivity index (χ0v) is 45.7. The number of unbranched alkanes of at least 4 members (excludes halogenated alkanes) is 3. The van der Waals surface area contributed by atoms with Crippen molar-refractivity contribution in [3.63, 3.8) is 0 Å².